The van der Waals surface area contributed by atoms with Gasteiger partial charge in [0.15, 0.2) is 0 Å². The van der Waals surface area contributed by atoms with E-state index in [2.05, 4.69) is 33.0 Å². The number of hydrogen-bond acceptors (Lipinski definition) is 2. The van der Waals surface area contributed by atoms with Crippen molar-refractivity contribution < 1.29 is 5.11 Å². The number of aliphatic hydroxyl groups is 1. The molecular weight excluding hydrogens is 282 g/mol. The van der Waals surface area contributed by atoms with E-state index in [9.17, 15) is 5.11 Å². The molecule has 0 bridgehead atoms. The zero-order valence-electron chi connectivity index (χ0n) is 14.7. The van der Waals surface area contributed by atoms with Crippen LogP contribution in [0.3, 0.4) is 0 Å². The van der Waals surface area contributed by atoms with Gasteiger partial charge in [-0.05, 0) is 23.5 Å². The Morgan fingerprint density at radius 1 is 0.826 bits per heavy atom. The van der Waals surface area contributed by atoms with Gasteiger partial charge in [-0.15, -0.1) is 0 Å². The van der Waals surface area contributed by atoms with Gasteiger partial charge in [-0.3, -0.25) is 0 Å². The van der Waals surface area contributed by atoms with Gasteiger partial charge in [0.2, 0.25) is 0 Å². The topological polar surface area (TPSA) is 32.3 Å². The summed E-state index contributed by atoms with van der Waals surface area (Å²) < 4.78 is 0. The van der Waals surface area contributed by atoms with Crippen LogP contribution in [0.1, 0.15) is 45.2 Å². The Balaban J connectivity index is 2.55. The molecule has 0 amide bonds. The first-order chi connectivity index (χ1) is 10.9. The second kappa shape index (κ2) is 7.76. The molecule has 2 aromatic rings. The molecule has 0 aliphatic rings. The van der Waals surface area contributed by atoms with Crippen molar-refractivity contribution in [3.05, 3.63) is 71.8 Å². The molecule has 1 unspecified atom stereocenters. The van der Waals surface area contributed by atoms with Gasteiger partial charge < -0.3 is 10.4 Å². The Morgan fingerprint density at radius 2 is 1.26 bits per heavy atom. The third-order valence-corrected chi connectivity index (χ3v) is 4.17. The van der Waals surface area contributed by atoms with Gasteiger partial charge in [0.1, 0.15) is 5.60 Å². The molecule has 1 atom stereocenters. The van der Waals surface area contributed by atoms with E-state index in [4.69, 9.17) is 0 Å². The van der Waals surface area contributed by atoms with E-state index in [1.165, 1.54) is 0 Å². The molecule has 0 saturated carbocycles. The summed E-state index contributed by atoms with van der Waals surface area (Å²) in [6, 6.07) is 20.3. The first-order valence-electron chi connectivity index (χ1n) is 8.54. The molecule has 2 heteroatoms. The molecule has 0 saturated heterocycles. The quantitative estimate of drug-likeness (QED) is 0.797. The second-order valence-corrected chi connectivity index (χ2v) is 7.00. The standard InChI is InChI=1S/C21H29NO/c1-16(2)15-20(22-17(3)4)21(23,18-11-7-5-8-12-18)19-13-9-6-10-14-19/h5-14,16-17,20,22-23H,15H2,1-4H3. The molecule has 0 aromatic heterocycles. The molecule has 0 spiro atoms. The second-order valence-electron chi connectivity index (χ2n) is 7.00. The van der Waals surface area contributed by atoms with Gasteiger partial charge in [0, 0.05) is 12.1 Å². The van der Waals surface area contributed by atoms with Crippen LogP contribution in [0.2, 0.25) is 0 Å². The van der Waals surface area contributed by atoms with Crippen molar-refractivity contribution >= 4 is 0 Å². The van der Waals surface area contributed by atoms with Gasteiger partial charge in [-0.25, -0.2) is 0 Å². The first-order valence-corrected chi connectivity index (χ1v) is 8.54. The van der Waals surface area contributed by atoms with Crippen molar-refractivity contribution in [3.8, 4) is 0 Å². The molecule has 0 aliphatic carbocycles. The minimum Gasteiger partial charge on any atom is -0.379 e. The van der Waals surface area contributed by atoms with Crippen LogP contribution >= 0.6 is 0 Å². The predicted molar refractivity (Wildman–Crippen MR) is 97.4 cm³/mol. The molecular formula is C21H29NO. The summed E-state index contributed by atoms with van der Waals surface area (Å²) in [5.74, 6) is 0.491. The number of benzene rings is 2. The minimum atomic E-state index is -1.04. The molecule has 0 fully saturated rings. The summed E-state index contributed by atoms with van der Waals surface area (Å²) in [5.41, 5.74) is 0.826. The van der Waals surface area contributed by atoms with Crippen LogP contribution < -0.4 is 5.32 Å². The van der Waals surface area contributed by atoms with Crippen LogP contribution in [-0.4, -0.2) is 17.2 Å². The van der Waals surface area contributed by atoms with Crippen molar-refractivity contribution in [2.45, 2.75) is 51.8 Å². The van der Waals surface area contributed by atoms with E-state index in [0.717, 1.165) is 17.5 Å². The lowest BCUT2D eigenvalue weighted by Gasteiger charge is -2.40. The Morgan fingerprint density at radius 3 is 1.61 bits per heavy atom. The van der Waals surface area contributed by atoms with E-state index < -0.39 is 5.60 Å². The molecule has 124 valence electrons. The van der Waals surface area contributed by atoms with Crippen LogP contribution in [-0.2, 0) is 5.60 Å². The SMILES string of the molecule is CC(C)CC(NC(C)C)C(O)(c1ccccc1)c1ccccc1. The predicted octanol–water partition coefficient (Wildman–Crippen LogP) is 4.34. The number of hydrogen-bond donors (Lipinski definition) is 2. The summed E-state index contributed by atoms with van der Waals surface area (Å²) >= 11 is 0. The molecule has 2 nitrogen and oxygen atoms in total. The smallest absolute Gasteiger partial charge is 0.130 e. The van der Waals surface area contributed by atoms with Gasteiger partial charge >= 0.3 is 0 Å². The first kappa shape index (κ1) is 17.7. The molecule has 2 N–H and O–H groups in total. The summed E-state index contributed by atoms with van der Waals surface area (Å²) in [6.07, 6.45) is 0.901. The van der Waals surface area contributed by atoms with Crippen molar-refractivity contribution in [1.82, 2.24) is 5.32 Å². The Hall–Kier alpha value is -1.64. The monoisotopic (exact) mass is 311 g/mol. The van der Waals surface area contributed by atoms with Crippen molar-refractivity contribution in [2.75, 3.05) is 0 Å². The van der Waals surface area contributed by atoms with Gasteiger partial charge in [-0.1, -0.05) is 88.4 Å². The molecule has 23 heavy (non-hydrogen) atoms. The van der Waals surface area contributed by atoms with Gasteiger partial charge in [0.05, 0.1) is 0 Å². The van der Waals surface area contributed by atoms with Crippen molar-refractivity contribution in [3.63, 3.8) is 0 Å². The van der Waals surface area contributed by atoms with E-state index in [1.54, 1.807) is 0 Å². The zero-order valence-corrected chi connectivity index (χ0v) is 14.7. The highest BCUT2D eigenvalue weighted by atomic mass is 16.3. The number of nitrogens with one attached hydrogen (secondary N) is 1. The maximum Gasteiger partial charge on any atom is 0.130 e. The number of rotatable bonds is 7. The van der Waals surface area contributed by atoms with E-state index in [0.29, 0.717) is 12.0 Å². The largest absolute Gasteiger partial charge is 0.379 e. The van der Waals surface area contributed by atoms with Crippen LogP contribution in [0, 0.1) is 5.92 Å². The Kier molecular flexibility index (Phi) is 5.97. The van der Waals surface area contributed by atoms with Crippen LogP contribution in [0.5, 0.6) is 0 Å². The maximum atomic E-state index is 11.8. The lowest BCUT2D eigenvalue weighted by Crippen LogP contribution is -2.52. The average molecular weight is 311 g/mol. The molecule has 0 aliphatic heterocycles. The van der Waals surface area contributed by atoms with Crippen molar-refractivity contribution in [1.29, 1.82) is 0 Å². The fourth-order valence-corrected chi connectivity index (χ4v) is 3.19. The lowest BCUT2D eigenvalue weighted by molar-refractivity contribution is 0.0256. The summed E-state index contributed by atoms with van der Waals surface area (Å²) in [7, 11) is 0. The zero-order chi connectivity index (χ0) is 16.9. The van der Waals surface area contributed by atoms with E-state index >= 15 is 0 Å². The average Bonchev–Trinajstić information content (AvgIpc) is 2.54. The fraction of sp³-hybridized carbons (Fsp3) is 0.429. The Labute approximate surface area is 140 Å². The Bertz CT molecular complexity index is 528. The molecule has 2 rings (SSSR count). The molecule has 0 heterocycles. The highest BCUT2D eigenvalue weighted by molar-refractivity contribution is 5.38. The lowest BCUT2D eigenvalue weighted by atomic mass is 9.77. The van der Waals surface area contributed by atoms with Crippen LogP contribution in [0.15, 0.2) is 60.7 Å². The fourth-order valence-electron chi connectivity index (χ4n) is 3.19. The van der Waals surface area contributed by atoms with Gasteiger partial charge in [-0.2, -0.15) is 0 Å². The summed E-state index contributed by atoms with van der Waals surface area (Å²) in [5, 5.41) is 15.4. The highest BCUT2D eigenvalue weighted by Crippen LogP contribution is 2.35. The van der Waals surface area contributed by atoms with Gasteiger partial charge in [0.25, 0.3) is 0 Å². The molecule has 2 aromatic carbocycles. The summed E-state index contributed by atoms with van der Waals surface area (Å²) in [6.45, 7) is 8.66. The normalized spacial score (nSPS) is 13.5. The minimum absolute atomic E-state index is 0.0488. The maximum absolute atomic E-state index is 11.8. The van der Waals surface area contributed by atoms with E-state index in [-0.39, 0.29) is 6.04 Å². The third-order valence-electron chi connectivity index (χ3n) is 4.17. The van der Waals surface area contributed by atoms with Crippen molar-refractivity contribution in [2.24, 2.45) is 5.92 Å². The van der Waals surface area contributed by atoms with E-state index in [1.807, 2.05) is 60.7 Å². The van der Waals surface area contributed by atoms with Crippen LogP contribution in [0.4, 0.5) is 0 Å². The summed E-state index contributed by atoms with van der Waals surface area (Å²) in [4.78, 5) is 0. The highest BCUT2D eigenvalue weighted by Gasteiger charge is 2.40. The molecule has 0 radical (unpaired) electrons. The van der Waals surface area contributed by atoms with Crippen LogP contribution in [0.25, 0.3) is 0 Å². The third kappa shape index (κ3) is 4.21.